The van der Waals surface area contributed by atoms with Gasteiger partial charge in [-0.05, 0) is 85.6 Å². The molecule has 0 bridgehead atoms. The fraction of sp³-hybridized carbons (Fsp3) is 0.182. The van der Waals surface area contributed by atoms with E-state index in [0.717, 1.165) is 47.6 Å². The first-order chi connectivity index (χ1) is 32.2. The number of methoxy groups -OCH3 is 2. The lowest BCUT2D eigenvalue weighted by Gasteiger charge is -2.35. The Kier molecular flexibility index (Phi) is 13.1. The highest BCUT2D eigenvalue weighted by Gasteiger charge is 2.43. The van der Waals surface area contributed by atoms with Crippen molar-refractivity contribution in [3.8, 4) is 12.1 Å². The first-order valence-electron chi connectivity index (χ1n) is 19.4. The second-order valence-electron chi connectivity index (χ2n) is 14.6. The summed E-state index contributed by atoms with van der Waals surface area (Å²) in [4.78, 5) is 54.1. The molecule has 0 saturated heterocycles. The number of allylic oxidation sites excluding steroid dienone is 2. The van der Waals surface area contributed by atoms with Gasteiger partial charge in [0.25, 0.3) is 0 Å². The number of carbonyl (C=O) groups excluding carboxylic acids is 2. The molecule has 0 unspecified atom stereocenters. The Morgan fingerprint density at radius 3 is 1.31 bits per heavy atom. The van der Waals surface area contributed by atoms with Gasteiger partial charge in [-0.2, -0.15) is 36.9 Å². The standard InChI is InChI=1S/2C22H15BrF3N5O3/c2*1-11-17(19(32)34-2)18(15-7-6-12(10-27)8-16(15)23)31-20(28-29-21(31)33)30(11)14-5-3-4-13(9-14)22(24,25)26/h2*3-9,18H,1-2H3,(H,29,33)/t2*18-/m10/s1. The number of nitrogens with zero attached hydrogens (tertiary/aromatic N) is 8. The third kappa shape index (κ3) is 8.70. The van der Waals surface area contributed by atoms with Crippen LogP contribution in [0.1, 0.15) is 59.3 Å². The van der Waals surface area contributed by atoms with Crippen LogP contribution in [0.25, 0.3) is 0 Å². The molecule has 0 fully saturated rings. The number of hydrogen-bond acceptors (Lipinski definition) is 12. The summed E-state index contributed by atoms with van der Waals surface area (Å²) in [5.74, 6) is -1.60. The summed E-state index contributed by atoms with van der Waals surface area (Å²) in [6, 6.07) is 20.1. The van der Waals surface area contributed by atoms with Crippen LogP contribution in [-0.2, 0) is 31.4 Å². The second kappa shape index (κ2) is 18.5. The maximum Gasteiger partial charge on any atom is 0.416 e. The highest BCUT2D eigenvalue weighted by molar-refractivity contribution is 9.10. The molecule has 4 aromatic carbocycles. The Labute approximate surface area is 396 Å². The van der Waals surface area contributed by atoms with E-state index in [1.807, 2.05) is 12.1 Å². The van der Waals surface area contributed by atoms with E-state index < -0.39 is 58.9 Å². The Hall–Kier alpha value is -7.70. The number of esters is 2. The van der Waals surface area contributed by atoms with Crippen molar-refractivity contribution in [3.63, 3.8) is 0 Å². The van der Waals surface area contributed by atoms with Crippen LogP contribution in [-0.4, -0.2) is 55.7 Å². The topological polar surface area (TPSA) is 208 Å². The van der Waals surface area contributed by atoms with Gasteiger partial charge in [0.15, 0.2) is 0 Å². The number of hydrogen-bond donors (Lipinski definition) is 2. The Morgan fingerprint density at radius 2 is 1.00 bits per heavy atom. The molecule has 8 rings (SSSR count). The molecule has 2 aromatic heterocycles. The van der Waals surface area contributed by atoms with Gasteiger partial charge < -0.3 is 9.47 Å². The molecule has 4 heterocycles. The Morgan fingerprint density at radius 1 is 0.632 bits per heavy atom. The van der Waals surface area contributed by atoms with Crippen molar-refractivity contribution in [2.75, 3.05) is 24.0 Å². The maximum absolute atomic E-state index is 13.4. The number of carbonyl (C=O) groups is 2. The van der Waals surface area contributed by atoms with E-state index >= 15 is 0 Å². The SMILES string of the molecule is COC(=O)C1=C(C)N(c2cccc(C(F)(F)F)c2)c2n[nH]c(=O)n2[C@@H]1c1ccc(C#N)cc1Br.COC(=O)C1=C(C)N(c2cccc(C(F)(F)F)c2)c2n[nH]c(=O)n2[C@H]1c1ccc(C#N)cc1Br. The molecule has 0 saturated carbocycles. The lowest BCUT2D eigenvalue weighted by molar-refractivity contribution is -0.138. The second-order valence-corrected chi connectivity index (χ2v) is 16.4. The zero-order chi connectivity index (χ0) is 49.6. The largest absolute Gasteiger partial charge is 0.466 e. The number of anilines is 4. The van der Waals surface area contributed by atoms with Gasteiger partial charge in [-0.15, -0.1) is 10.2 Å². The van der Waals surface area contributed by atoms with Gasteiger partial charge in [0.1, 0.15) is 12.1 Å². The third-order valence-corrected chi connectivity index (χ3v) is 12.2. The van der Waals surface area contributed by atoms with Crippen LogP contribution in [0.3, 0.4) is 0 Å². The number of alkyl halides is 6. The van der Waals surface area contributed by atoms with Crippen molar-refractivity contribution in [1.82, 2.24) is 29.5 Å². The molecule has 2 N–H and O–H groups in total. The van der Waals surface area contributed by atoms with E-state index in [9.17, 15) is 56.0 Å². The highest BCUT2D eigenvalue weighted by Crippen LogP contribution is 2.46. The first-order valence-corrected chi connectivity index (χ1v) is 21.0. The van der Waals surface area contributed by atoms with E-state index in [1.54, 1.807) is 12.1 Å². The number of aromatic amines is 2. The van der Waals surface area contributed by atoms with Gasteiger partial charge in [-0.1, -0.05) is 56.1 Å². The van der Waals surface area contributed by atoms with E-state index in [4.69, 9.17) is 9.47 Å². The smallest absolute Gasteiger partial charge is 0.416 e. The molecule has 0 spiro atoms. The van der Waals surface area contributed by atoms with Gasteiger partial charge >= 0.3 is 35.7 Å². The van der Waals surface area contributed by atoms with Gasteiger partial charge in [0.2, 0.25) is 11.9 Å². The monoisotopic (exact) mass is 1070 g/mol. The fourth-order valence-electron chi connectivity index (χ4n) is 7.79. The molecule has 0 aliphatic carbocycles. The number of nitrogens with one attached hydrogen (secondary N) is 2. The number of rotatable bonds is 6. The molecule has 24 heteroatoms. The fourth-order valence-corrected chi connectivity index (χ4v) is 8.99. The van der Waals surface area contributed by atoms with Gasteiger partial charge in [-0.25, -0.2) is 38.5 Å². The summed E-state index contributed by atoms with van der Waals surface area (Å²) in [6.07, 6.45) is -9.20. The van der Waals surface area contributed by atoms with Crippen LogP contribution in [0.15, 0.2) is 126 Å². The molecular weight excluding hydrogens is 1040 g/mol. The number of fused-ring (bicyclic) bond motifs is 2. The molecule has 348 valence electrons. The van der Waals surface area contributed by atoms with Crippen molar-refractivity contribution >= 4 is 67.1 Å². The number of benzene rings is 4. The number of nitriles is 2. The summed E-state index contributed by atoms with van der Waals surface area (Å²) in [5.41, 5.74) is -1.03. The molecule has 2 aliphatic heterocycles. The van der Waals surface area contributed by atoms with Crippen molar-refractivity contribution in [1.29, 1.82) is 10.5 Å². The van der Waals surface area contributed by atoms with Crippen molar-refractivity contribution in [2.45, 2.75) is 38.3 Å². The molecule has 16 nitrogen and oxygen atoms in total. The summed E-state index contributed by atoms with van der Waals surface area (Å²) in [5, 5.41) is 31.0. The number of halogens is 8. The molecular formula is C44H30Br2F6N10O6. The predicted molar refractivity (Wildman–Crippen MR) is 236 cm³/mol. The predicted octanol–water partition coefficient (Wildman–Crippen LogP) is 8.82. The molecule has 0 radical (unpaired) electrons. The minimum atomic E-state index is -4.60. The van der Waals surface area contributed by atoms with Crippen LogP contribution >= 0.6 is 31.9 Å². The first kappa shape index (κ1) is 48.2. The van der Waals surface area contributed by atoms with Crippen molar-refractivity contribution in [3.05, 3.63) is 171 Å². The Bertz CT molecular complexity index is 3090. The van der Waals surface area contributed by atoms with E-state index in [0.29, 0.717) is 31.2 Å². The van der Waals surface area contributed by atoms with E-state index in [-0.39, 0.29) is 45.8 Å². The zero-order valence-electron chi connectivity index (χ0n) is 35.3. The van der Waals surface area contributed by atoms with Gasteiger partial charge in [0.05, 0.1) is 59.8 Å². The molecule has 2 atom stereocenters. The lowest BCUT2D eigenvalue weighted by Crippen LogP contribution is -2.37. The number of aromatic nitrogens is 6. The van der Waals surface area contributed by atoms with Crippen LogP contribution < -0.4 is 21.2 Å². The number of ether oxygens (including phenoxy) is 2. The van der Waals surface area contributed by atoms with Crippen molar-refractivity contribution in [2.24, 2.45) is 0 Å². The van der Waals surface area contributed by atoms with Crippen LogP contribution in [0.4, 0.5) is 49.6 Å². The average molecular weight is 1070 g/mol. The molecule has 2 aliphatic rings. The zero-order valence-corrected chi connectivity index (χ0v) is 38.5. The molecule has 0 amide bonds. The molecule has 68 heavy (non-hydrogen) atoms. The Balaban J connectivity index is 0.000000201. The van der Waals surface area contributed by atoms with E-state index in [2.05, 4.69) is 52.3 Å². The maximum atomic E-state index is 13.4. The summed E-state index contributed by atoms with van der Waals surface area (Å²) >= 11 is 6.78. The van der Waals surface area contributed by atoms with Crippen LogP contribution in [0.2, 0.25) is 0 Å². The quantitative estimate of drug-likeness (QED) is 0.119. The normalized spacial score (nSPS) is 15.7. The number of H-pyrrole nitrogens is 2. The van der Waals surface area contributed by atoms with E-state index in [1.165, 1.54) is 72.2 Å². The summed E-state index contributed by atoms with van der Waals surface area (Å²) < 4.78 is 93.4. The third-order valence-electron chi connectivity index (χ3n) is 10.8. The summed E-state index contributed by atoms with van der Waals surface area (Å²) in [7, 11) is 2.32. The van der Waals surface area contributed by atoms with Crippen molar-refractivity contribution < 1.29 is 45.4 Å². The van der Waals surface area contributed by atoms with Gasteiger partial charge in [-0.3, -0.25) is 9.80 Å². The lowest BCUT2D eigenvalue weighted by atomic mass is 9.93. The minimum Gasteiger partial charge on any atom is -0.466 e. The minimum absolute atomic E-state index is 0.0151. The van der Waals surface area contributed by atoms with Crippen LogP contribution in [0.5, 0.6) is 0 Å². The van der Waals surface area contributed by atoms with Crippen LogP contribution in [0, 0.1) is 22.7 Å². The highest BCUT2D eigenvalue weighted by atomic mass is 79.9. The van der Waals surface area contributed by atoms with Gasteiger partial charge in [0, 0.05) is 31.7 Å². The average Bonchev–Trinajstić information content (AvgIpc) is 3.88. The summed E-state index contributed by atoms with van der Waals surface area (Å²) in [6.45, 7) is 3.06. The molecule has 6 aromatic rings.